The Morgan fingerprint density at radius 3 is 2.12 bits per heavy atom. The van der Waals surface area contributed by atoms with E-state index in [0.29, 0.717) is 27.8 Å². The third-order valence-electron chi connectivity index (χ3n) is 7.91. The SMILES string of the molecule is CC[C@H](C)NC(=O)[C@H](Cc1ccccc1)N(Cc1ccccc1Cl)C(=O)CN(c1ccc(Cl)cc1)S(=O)(=O)c1ccc(OC)c(OC)c1. The molecule has 0 aromatic heterocycles. The largest absolute Gasteiger partial charge is 0.493 e. The maximum absolute atomic E-state index is 14.6. The molecule has 0 radical (unpaired) electrons. The first kappa shape index (κ1) is 36.6. The van der Waals surface area contributed by atoms with E-state index in [-0.39, 0.29) is 41.2 Å². The highest BCUT2D eigenvalue weighted by Gasteiger charge is 2.35. The van der Waals surface area contributed by atoms with Gasteiger partial charge in [0.2, 0.25) is 11.8 Å². The first-order valence-electron chi connectivity index (χ1n) is 15.4. The molecule has 4 aromatic rings. The lowest BCUT2D eigenvalue weighted by atomic mass is 10.0. The Hall–Kier alpha value is -4.25. The van der Waals surface area contributed by atoms with E-state index in [2.05, 4.69) is 5.32 Å². The van der Waals surface area contributed by atoms with Gasteiger partial charge >= 0.3 is 0 Å². The van der Waals surface area contributed by atoms with E-state index in [1.54, 1.807) is 24.3 Å². The molecular formula is C36H39Cl2N3O6S. The lowest BCUT2D eigenvalue weighted by Gasteiger charge is -2.34. The highest BCUT2D eigenvalue weighted by Crippen LogP contribution is 2.33. The zero-order valence-corrected chi connectivity index (χ0v) is 29.6. The molecular weight excluding hydrogens is 673 g/mol. The van der Waals surface area contributed by atoms with Gasteiger partial charge in [-0.25, -0.2) is 8.42 Å². The number of carbonyl (C=O) groups excluding carboxylic acids is 2. The molecule has 0 bridgehead atoms. The van der Waals surface area contributed by atoms with Gasteiger partial charge in [0.1, 0.15) is 12.6 Å². The summed E-state index contributed by atoms with van der Waals surface area (Å²) < 4.78 is 40.4. The summed E-state index contributed by atoms with van der Waals surface area (Å²) >= 11 is 12.7. The summed E-state index contributed by atoms with van der Waals surface area (Å²) in [6, 6.07) is 25.5. The van der Waals surface area contributed by atoms with Crippen LogP contribution in [0, 0.1) is 0 Å². The first-order valence-corrected chi connectivity index (χ1v) is 17.6. The average molecular weight is 713 g/mol. The molecule has 4 rings (SSSR count). The molecule has 9 nitrogen and oxygen atoms in total. The molecule has 2 amide bonds. The Bertz CT molecular complexity index is 1810. The normalized spacial score (nSPS) is 12.5. The predicted molar refractivity (Wildman–Crippen MR) is 189 cm³/mol. The van der Waals surface area contributed by atoms with Crippen LogP contribution in [0.15, 0.2) is 102 Å². The van der Waals surface area contributed by atoms with Gasteiger partial charge in [0.05, 0.1) is 24.8 Å². The highest BCUT2D eigenvalue weighted by molar-refractivity contribution is 7.92. The van der Waals surface area contributed by atoms with Crippen LogP contribution in [0.2, 0.25) is 10.0 Å². The molecule has 0 aliphatic carbocycles. The minimum absolute atomic E-state index is 0.0468. The lowest BCUT2D eigenvalue weighted by Crippen LogP contribution is -2.54. The van der Waals surface area contributed by atoms with Crippen LogP contribution in [0.1, 0.15) is 31.4 Å². The van der Waals surface area contributed by atoms with Gasteiger partial charge in [-0.3, -0.25) is 13.9 Å². The quantitative estimate of drug-likeness (QED) is 0.146. The third-order valence-corrected chi connectivity index (χ3v) is 10.3. The predicted octanol–water partition coefficient (Wildman–Crippen LogP) is 6.76. The number of ether oxygens (including phenoxy) is 2. The van der Waals surface area contributed by atoms with Crippen LogP contribution in [-0.2, 0) is 32.6 Å². The molecule has 0 fully saturated rings. The van der Waals surface area contributed by atoms with Crippen LogP contribution in [0.4, 0.5) is 5.69 Å². The van der Waals surface area contributed by atoms with Crippen molar-refractivity contribution in [3.8, 4) is 11.5 Å². The van der Waals surface area contributed by atoms with E-state index in [9.17, 15) is 18.0 Å². The van der Waals surface area contributed by atoms with Crippen molar-refractivity contribution in [2.45, 2.75) is 50.2 Å². The number of nitrogens with zero attached hydrogens (tertiary/aromatic N) is 2. The van der Waals surface area contributed by atoms with Crippen molar-refractivity contribution in [3.63, 3.8) is 0 Å². The van der Waals surface area contributed by atoms with Crippen LogP contribution in [0.3, 0.4) is 0 Å². The fourth-order valence-corrected chi connectivity index (χ4v) is 6.80. The molecule has 2 atom stereocenters. The average Bonchev–Trinajstić information content (AvgIpc) is 3.09. The minimum atomic E-state index is -4.38. The molecule has 0 saturated carbocycles. The van der Waals surface area contributed by atoms with Gasteiger partial charge in [0, 0.05) is 35.1 Å². The Morgan fingerprint density at radius 1 is 0.854 bits per heavy atom. The van der Waals surface area contributed by atoms with Crippen LogP contribution >= 0.6 is 23.2 Å². The number of nitrogens with one attached hydrogen (secondary N) is 1. The monoisotopic (exact) mass is 711 g/mol. The molecule has 0 spiro atoms. The number of carbonyl (C=O) groups is 2. The molecule has 0 heterocycles. The topological polar surface area (TPSA) is 105 Å². The molecule has 48 heavy (non-hydrogen) atoms. The van der Waals surface area contributed by atoms with E-state index in [1.165, 1.54) is 61.6 Å². The van der Waals surface area contributed by atoms with Gasteiger partial charge in [-0.1, -0.05) is 78.7 Å². The molecule has 1 N–H and O–H groups in total. The fourth-order valence-electron chi connectivity index (χ4n) is 5.05. The van der Waals surface area contributed by atoms with Crippen molar-refractivity contribution in [1.29, 1.82) is 0 Å². The summed E-state index contributed by atoms with van der Waals surface area (Å²) in [5, 5.41) is 3.81. The Morgan fingerprint density at radius 2 is 1.50 bits per heavy atom. The van der Waals surface area contributed by atoms with Gasteiger partial charge in [-0.15, -0.1) is 0 Å². The number of hydrogen-bond donors (Lipinski definition) is 1. The summed E-state index contributed by atoms with van der Waals surface area (Å²) in [6.07, 6.45) is 0.860. The standard InChI is InChI=1S/C36H39Cl2N3O6S/c1-5-25(2)39-36(43)32(21-26-11-7-6-8-12-26)40(23-27-13-9-10-14-31(27)38)35(42)24-41(29-17-15-28(37)16-18-29)48(44,45)30-19-20-33(46-3)34(22-30)47-4/h6-20,22,25,32H,5,21,23-24H2,1-4H3,(H,39,43)/t25-,32-/m0/s1. The van der Waals surface area contributed by atoms with E-state index >= 15 is 0 Å². The molecule has 0 aliphatic heterocycles. The molecule has 4 aromatic carbocycles. The van der Waals surface area contributed by atoms with Crippen molar-refractivity contribution in [1.82, 2.24) is 10.2 Å². The third kappa shape index (κ3) is 9.00. The van der Waals surface area contributed by atoms with Crippen LogP contribution < -0.4 is 19.1 Å². The molecule has 12 heteroatoms. The van der Waals surface area contributed by atoms with Crippen LogP contribution in [0.5, 0.6) is 11.5 Å². The van der Waals surface area contributed by atoms with Gasteiger partial charge in [-0.2, -0.15) is 0 Å². The minimum Gasteiger partial charge on any atom is -0.493 e. The van der Waals surface area contributed by atoms with Gasteiger partial charge < -0.3 is 19.7 Å². The second kappa shape index (κ2) is 16.7. The van der Waals surface area contributed by atoms with Crippen molar-refractivity contribution in [3.05, 3.63) is 118 Å². The number of methoxy groups -OCH3 is 2. The fraction of sp³-hybridized carbons (Fsp3) is 0.278. The van der Waals surface area contributed by atoms with Crippen molar-refractivity contribution < 1.29 is 27.5 Å². The number of sulfonamides is 1. The number of halogens is 2. The Balaban J connectivity index is 1.84. The van der Waals surface area contributed by atoms with E-state index in [0.717, 1.165) is 9.87 Å². The maximum atomic E-state index is 14.6. The van der Waals surface area contributed by atoms with Gasteiger partial charge in [0.15, 0.2) is 11.5 Å². The van der Waals surface area contributed by atoms with Crippen molar-refractivity contribution in [2.24, 2.45) is 0 Å². The second-order valence-electron chi connectivity index (χ2n) is 11.1. The van der Waals surface area contributed by atoms with Crippen molar-refractivity contribution in [2.75, 3.05) is 25.1 Å². The van der Waals surface area contributed by atoms with Crippen molar-refractivity contribution >= 4 is 50.7 Å². The van der Waals surface area contributed by atoms with E-state index < -0.39 is 28.5 Å². The number of anilines is 1. The number of benzene rings is 4. The smallest absolute Gasteiger partial charge is 0.264 e. The molecule has 0 saturated heterocycles. The first-order chi connectivity index (χ1) is 23.0. The lowest BCUT2D eigenvalue weighted by molar-refractivity contribution is -0.140. The number of hydrogen-bond acceptors (Lipinski definition) is 6. The highest BCUT2D eigenvalue weighted by atomic mass is 35.5. The summed E-state index contributed by atoms with van der Waals surface area (Å²) in [7, 11) is -1.53. The molecule has 0 unspecified atom stereocenters. The Kier molecular flexibility index (Phi) is 12.7. The van der Waals surface area contributed by atoms with Gasteiger partial charge in [-0.05, 0) is 66.9 Å². The molecule has 0 aliphatic rings. The second-order valence-corrected chi connectivity index (χ2v) is 13.8. The van der Waals surface area contributed by atoms with Gasteiger partial charge in [0.25, 0.3) is 10.0 Å². The van der Waals surface area contributed by atoms with E-state index in [4.69, 9.17) is 32.7 Å². The van der Waals surface area contributed by atoms with Crippen LogP contribution in [0.25, 0.3) is 0 Å². The number of amides is 2. The maximum Gasteiger partial charge on any atom is 0.264 e. The van der Waals surface area contributed by atoms with E-state index in [1.807, 2.05) is 44.2 Å². The summed E-state index contributed by atoms with van der Waals surface area (Å²) in [5.74, 6) is -0.443. The summed E-state index contributed by atoms with van der Waals surface area (Å²) in [4.78, 5) is 29.9. The zero-order valence-electron chi connectivity index (χ0n) is 27.2. The Labute approximate surface area is 292 Å². The summed E-state index contributed by atoms with van der Waals surface area (Å²) in [5.41, 5.74) is 1.62. The number of rotatable bonds is 15. The summed E-state index contributed by atoms with van der Waals surface area (Å²) in [6.45, 7) is 3.15. The molecule has 254 valence electrons. The van der Waals surface area contributed by atoms with Crippen LogP contribution in [-0.4, -0.2) is 58.0 Å². The zero-order chi connectivity index (χ0) is 34.8.